The van der Waals surface area contributed by atoms with E-state index in [1.54, 1.807) is 12.7 Å². The maximum Gasteiger partial charge on any atom is 0.119 e. The van der Waals surface area contributed by atoms with Gasteiger partial charge in [0.25, 0.3) is 0 Å². The summed E-state index contributed by atoms with van der Waals surface area (Å²) in [6, 6.07) is 0.327. The minimum Gasteiger partial charge on any atom is -0.396 e. The van der Waals surface area contributed by atoms with Crippen LogP contribution in [0.15, 0.2) is 12.7 Å². The molecule has 0 bridgehead atoms. The van der Waals surface area contributed by atoms with E-state index in [0.29, 0.717) is 6.04 Å². The molecule has 2 heterocycles. The summed E-state index contributed by atoms with van der Waals surface area (Å²) in [6.07, 6.45) is 4.54. The zero-order chi connectivity index (χ0) is 12.5. The van der Waals surface area contributed by atoms with Crippen molar-refractivity contribution < 1.29 is 5.11 Å². The van der Waals surface area contributed by atoms with E-state index in [0.717, 1.165) is 19.5 Å². The van der Waals surface area contributed by atoms with Crippen LogP contribution >= 0.6 is 0 Å². The van der Waals surface area contributed by atoms with E-state index in [1.807, 2.05) is 4.57 Å². The molecule has 0 amide bonds. The molecule has 5 nitrogen and oxygen atoms in total. The van der Waals surface area contributed by atoms with Gasteiger partial charge in [-0.3, -0.25) is 4.90 Å². The van der Waals surface area contributed by atoms with Crippen LogP contribution in [0.5, 0.6) is 0 Å². The third-order valence-electron chi connectivity index (χ3n) is 3.70. The number of aliphatic hydroxyl groups is 1. The van der Waals surface area contributed by atoms with Gasteiger partial charge in [-0.1, -0.05) is 0 Å². The fourth-order valence-corrected chi connectivity index (χ4v) is 2.58. The van der Waals surface area contributed by atoms with Gasteiger partial charge in [-0.05, 0) is 27.2 Å². The van der Waals surface area contributed by atoms with Gasteiger partial charge < -0.3 is 9.67 Å². The number of piperidine rings is 1. The number of hydrogen-bond donors (Lipinski definition) is 1. The van der Waals surface area contributed by atoms with Gasteiger partial charge in [0, 0.05) is 37.2 Å². The molecular formula is C12H22N4O. The van der Waals surface area contributed by atoms with Crippen molar-refractivity contribution in [3.8, 4) is 0 Å². The number of aromatic nitrogens is 3. The molecule has 2 unspecified atom stereocenters. The first kappa shape index (κ1) is 12.5. The Bertz CT molecular complexity index is 344. The van der Waals surface area contributed by atoms with Crippen LogP contribution in [0.25, 0.3) is 0 Å². The highest BCUT2D eigenvalue weighted by molar-refractivity contribution is 4.90. The Balaban J connectivity index is 2.09. The van der Waals surface area contributed by atoms with Crippen LogP contribution in [0.1, 0.15) is 33.2 Å². The maximum atomic E-state index is 9.56. The number of rotatable bonds is 2. The lowest BCUT2D eigenvalue weighted by molar-refractivity contribution is 0.0260. The molecule has 1 fully saturated rings. The van der Waals surface area contributed by atoms with E-state index < -0.39 is 0 Å². The summed E-state index contributed by atoms with van der Waals surface area (Å²) < 4.78 is 2.03. The van der Waals surface area contributed by atoms with Gasteiger partial charge in [0.1, 0.15) is 12.7 Å². The van der Waals surface area contributed by atoms with Crippen molar-refractivity contribution >= 4 is 0 Å². The normalized spacial score (nSPS) is 27.3. The summed E-state index contributed by atoms with van der Waals surface area (Å²) in [7, 11) is 0. The molecule has 1 saturated heterocycles. The summed E-state index contributed by atoms with van der Waals surface area (Å²) >= 11 is 0. The molecule has 17 heavy (non-hydrogen) atoms. The lowest BCUT2D eigenvalue weighted by Gasteiger charge is -2.44. The summed E-state index contributed by atoms with van der Waals surface area (Å²) in [4.78, 5) is 2.44. The molecule has 0 aliphatic carbocycles. The van der Waals surface area contributed by atoms with E-state index in [-0.39, 0.29) is 18.1 Å². The number of likely N-dealkylation sites (tertiary alicyclic amines) is 1. The van der Waals surface area contributed by atoms with Crippen LogP contribution in [-0.4, -0.2) is 50.0 Å². The molecule has 1 aromatic rings. The van der Waals surface area contributed by atoms with Crippen molar-refractivity contribution in [2.45, 2.75) is 38.8 Å². The van der Waals surface area contributed by atoms with E-state index in [1.165, 1.54) is 0 Å². The van der Waals surface area contributed by atoms with Crippen molar-refractivity contribution in [3.63, 3.8) is 0 Å². The van der Waals surface area contributed by atoms with Crippen molar-refractivity contribution in [2.24, 2.45) is 5.92 Å². The fraction of sp³-hybridized carbons (Fsp3) is 0.833. The zero-order valence-electron chi connectivity index (χ0n) is 10.9. The van der Waals surface area contributed by atoms with Crippen molar-refractivity contribution in [2.75, 3.05) is 19.7 Å². The van der Waals surface area contributed by atoms with Crippen LogP contribution in [-0.2, 0) is 0 Å². The second-order valence-electron chi connectivity index (χ2n) is 5.82. The topological polar surface area (TPSA) is 54.2 Å². The molecule has 1 aromatic heterocycles. The molecule has 2 rings (SSSR count). The molecule has 2 atom stereocenters. The Morgan fingerprint density at radius 1 is 1.29 bits per heavy atom. The monoisotopic (exact) mass is 238 g/mol. The second-order valence-corrected chi connectivity index (χ2v) is 5.82. The summed E-state index contributed by atoms with van der Waals surface area (Å²) in [5.41, 5.74) is 0.172. The molecule has 0 aromatic carbocycles. The maximum absolute atomic E-state index is 9.56. The van der Waals surface area contributed by atoms with Crippen LogP contribution in [0, 0.1) is 5.92 Å². The zero-order valence-corrected chi connectivity index (χ0v) is 10.9. The van der Waals surface area contributed by atoms with E-state index in [9.17, 15) is 5.11 Å². The molecule has 1 aliphatic heterocycles. The van der Waals surface area contributed by atoms with Crippen LogP contribution in [0.4, 0.5) is 0 Å². The molecule has 0 saturated carbocycles. The van der Waals surface area contributed by atoms with E-state index in [4.69, 9.17) is 0 Å². The minimum atomic E-state index is 0.172. The molecule has 1 N–H and O–H groups in total. The lowest BCUT2D eigenvalue weighted by Crippen LogP contribution is -2.50. The number of aliphatic hydroxyl groups excluding tert-OH is 1. The van der Waals surface area contributed by atoms with Gasteiger partial charge in [-0.2, -0.15) is 0 Å². The highest BCUT2D eigenvalue weighted by Gasteiger charge is 2.34. The van der Waals surface area contributed by atoms with E-state index >= 15 is 0 Å². The molecule has 0 spiro atoms. The average molecular weight is 238 g/mol. The Morgan fingerprint density at radius 3 is 2.47 bits per heavy atom. The van der Waals surface area contributed by atoms with Gasteiger partial charge >= 0.3 is 0 Å². The van der Waals surface area contributed by atoms with Crippen LogP contribution in [0.2, 0.25) is 0 Å². The Hall–Kier alpha value is -0.940. The Labute approximate surface area is 102 Å². The van der Waals surface area contributed by atoms with Crippen molar-refractivity contribution in [3.05, 3.63) is 12.7 Å². The third kappa shape index (κ3) is 2.66. The van der Waals surface area contributed by atoms with Crippen molar-refractivity contribution in [1.29, 1.82) is 0 Å². The standard InChI is InChI=1S/C12H22N4O/c1-12(2,3)16-5-4-11(10(6-16)7-17)15-8-13-14-9-15/h8-11,17H,4-7H2,1-3H3. The third-order valence-corrected chi connectivity index (χ3v) is 3.70. The molecule has 96 valence electrons. The van der Waals surface area contributed by atoms with Gasteiger partial charge in [0.15, 0.2) is 0 Å². The van der Waals surface area contributed by atoms with Crippen LogP contribution < -0.4 is 0 Å². The quantitative estimate of drug-likeness (QED) is 0.833. The highest BCUT2D eigenvalue weighted by Crippen LogP contribution is 2.31. The van der Waals surface area contributed by atoms with Crippen LogP contribution in [0.3, 0.4) is 0 Å². The first-order chi connectivity index (χ1) is 8.02. The minimum absolute atomic E-state index is 0.172. The number of nitrogens with zero attached hydrogens (tertiary/aromatic N) is 4. The Morgan fingerprint density at radius 2 is 1.94 bits per heavy atom. The summed E-state index contributed by atoms with van der Waals surface area (Å²) in [6.45, 7) is 8.88. The molecule has 5 heteroatoms. The molecular weight excluding hydrogens is 216 g/mol. The fourth-order valence-electron chi connectivity index (χ4n) is 2.58. The highest BCUT2D eigenvalue weighted by atomic mass is 16.3. The SMILES string of the molecule is CC(C)(C)N1CCC(n2cnnc2)C(CO)C1. The molecule has 0 radical (unpaired) electrons. The second kappa shape index (κ2) is 4.74. The average Bonchev–Trinajstić information content (AvgIpc) is 2.80. The largest absolute Gasteiger partial charge is 0.396 e. The Kier molecular flexibility index (Phi) is 3.49. The lowest BCUT2D eigenvalue weighted by atomic mass is 9.89. The molecule has 1 aliphatic rings. The van der Waals surface area contributed by atoms with Gasteiger partial charge in [0.05, 0.1) is 0 Å². The first-order valence-corrected chi connectivity index (χ1v) is 6.22. The summed E-state index contributed by atoms with van der Waals surface area (Å²) in [5, 5.41) is 17.3. The van der Waals surface area contributed by atoms with Gasteiger partial charge in [-0.25, -0.2) is 0 Å². The van der Waals surface area contributed by atoms with Crippen molar-refractivity contribution in [1.82, 2.24) is 19.7 Å². The van der Waals surface area contributed by atoms with Gasteiger partial charge in [0.2, 0.25) is 0 Å². The summed E-state index contributed by atoms with van der Waals surface area (Å²) in [5.74, 6) is 0.263. The predicted octanol–water partition coefficient (Wildman–Crippen LogP) is 0.932. The number of hydrogen-bond acceptors (Lipinski definition) is 4. The van der Waals surface area contributed by atoms with E-state index in [2.05, 4.69) is 35.9 Å². The van der Waals surface area contributed by atoms with Gasteiger partial charge in [-0.15, -0.1) is 10.2 Å². The smallest absolute Gasteiger partial charge is 0.119 e. The predicted molar refractivity (Wildman–Crippen MR) is 65.6 cm³/mol. The first-order valence-electron chi connectivity index (χ1n) is 6.22.